The van der Waals surface area contributed by atoms with Crippen molar-refractivity contribution in [3.05, 3.63) is 12.2 Å². The number of allylic oxidation sites excluding steroid dienone is 1. The van der Waals surface area contributed by atoms with E-state index in [-0.39, 0.29) is 11.7 Å². The molecule has 0 radical (unpaired) electrons. The summed E-state index contributed by atoms with van der Waals surface area (Å²) in [4.78, 5) is 0. The zero-order chi connectivity index (χ0) is 19.0. The number of hydrogen-bond donors (Lipinski definition) is 0. The molecule has 0 aromatic rings. The maximum absolute atomic E-state index is 6.51. The molecule has 4 aliphatic carbocycles. The number of ether oxygens (including phenoxy) is 4. The fourth-order valence-electron chi connectivity index (χ4n) is 8.94. The third-order valence-electron chi connectivity index (χ3n) is 10.1. The molecule has 0 unspecified atom stereocenters. The Labute approximate surface area is 169 Å². The minimum absolute atomic E-state index is 0.125. The standard InChI is InChI=1S/C24H36O4/c1-16-4-3-5-17-6-7-18-19(22(16,17)2)8-10-23-20(18)9-11-24(23)27-14-12-25-21(23)26-13-15-28-24/h17-21H,1,3-15H2,2H3/t17-,18-,19+,20+,21?,22+,23+,24?/m1/s1. The molecule has 6 aliphatic rings. The number of hydrogen-bond acceptors (Lipinski definition) is 4. The van der Waals surface area contributed by atoms with Gasteiger partial charge in [0.1, 0.15) is 0 Å². The Morgan fingerprint density at radius 1 is 0.857 bits per heavy atom. The highest BCUT2D eigenvalue weighted by Crippen LogP contribution is 2.71. The minimum Gasteiger partial charge on any atom is -0.349 e. The fourth-order valence-corrected chi connectivity index (χ4v) is 8.94. The van der Waals surface area contributed by atoms with Gasteiger partial charge in [-0.1, -0.05) is 19.1 Å². The normalized spacial score (nSPS) is 55.9. The van der Waals surface area contributed by atoms with Crippen molar-refractivity contribution in [2.24, 2.45) is 34.5 Å². The fraction of sp³-hybridized carbons (Fsp3) is 0.917. The van der Waals surface area contributed by atoms with Crippen molar-refractivity contribution in [3.63, 3.8) is 0 Å². The average Bonchev–Trinajstić information content (AvgIpc) is 2.87. The molecule has 6 fully saturated rings. The third kappa shape index (κ3) is 2.11. The second-order valence-electron chi connectivity index (χ2n) is 10.6. The van der Waals surface area contributed by atoms with Crippen LogP contribution in [0.25, 0.3) is 0 Å². The van der Waals surface area contributed by atoms with E-state index >= 15 is 0 Å². The first-order valence-corrected chi connectivity index (χ1v) is 11.8. The quantitative estimate of drug-likeness (QED) is 0.565. The van der Waals surface area contributed by atoms with Gasteiger partial charge in [-0.25, -0.2) is 0 Å². The van der Waals surface area contributed by atoms with Gasteiger partial charge >= 0.3 is 0 Å². The first-order chi connectivity index (χ1) is 13.6. The highest BCUT2D eigenvalue weighted by Gasteiger charge is 2.73. The van der Waals surface area contributed by atoms with Gasteiger partial charge in [0.2, 0.25) is 0 Å². The van der Waals surface area contributed by atoms with E-state index in [1.807, 2.05) is 0 Å². The lowest BCUT2D eigenvalue weighted by atomic mass is 9.44. The molecule has 6 rings (SSSR count). The lowest BCUT2D eigenvalue weighted by Crippen LogP contribution is -2.62. The van der Waals surface area contributed by atoms with Gasteiger partial charge in [-0.15, -0.1) is 0 Å². The SMILES string of the molecule is C=C1CCC[C@@H]2CC[C@@H]3[C@H](CC[C@]45C6OCCOC4(CC[C@@H]35)OCCO6)[C@@]12C. The average molecular weight is 389 g/mol. The van der Waals surface area contributed by atoms with Crippen LogP contribution >= 0.6 is 0 Å². The van der Waals surface area contributed by atoms with Crippen LogP contribution in [0.5, 0.6) is 0 Å². The molecule has 2 saturated heterocycles. The summed E-state index contributed by atoms with van der Waals surface area (Å²) >= 11 is 0. The molecule has 1 spiro atoms. The smallest absolute Gasteiger partial charge is 0.179 e. The third-order valence-corrected chi connectivity index (χ3v) is 10.1. The molecule has 0 N–H and O–H groups in total. The summed E-state index contributed by atoms with van der Waals surface area (Å²) in [7, 11) is 0. The molecule has 4 heteroatoms. The van der Waals surface area contributed by atoms with Crippen molar-refractivity contribution in [2.75, 3.05) is 26.4 Å². The minimum atomic E-state index is -0.484. The Hall–Kier alpha value is -0.420. The maximum atomic E-state index is 6.51. The number of rotatable bonds is 0. The summed E-state index contributed by atoms with van der Waals surface area (Å²) in [5.74, 6) is 2.43. The number of fused-ring (bicyclic) bond motifs is 4. The highest BCUT2D eigenvalue weighted by atomic mass is 16.8. The van der Waals surface area contributed by atoms with E-state index in [4.69, 9.17) is 18.9 Å². The molecule has 156 valence electrons. The van der Waals surface area contributed by atoms with Gasteiger partial charge in [-0.3, -0.25) is 0 Å². The van der Waals surface area contributed by atoms with Crippen molar-refractivity contribution in [3.8, 4) is 0 Å². The van der Waals surface area contributed by atoms with Crippen molar-refractivity contribution in [1.29, 1.82) is 0 Å². The van der Waals surface area contributed by atoms with Crippen LogP contribution in [0, 0.1) is 34.5 Å². The molecule has 2 heterocycles. The lowest BCUT2D eigenvalue weighted by molar-refractivity contribution is -0.318. The Morgan fingerprint density at radius 3 is 2.39 bits per heavy atom. The maximum Gasteiger partial charge on any atom is 0.179 e. The van der Waals surface area contributed by atoms with Gasteiger partial charge in [0.15, 0.2) is 12.1 Å². The van der Waals surface area contributed by atoms with E-state index in [1.54, 1.807) is 5.57 Å². The van der Waals surface area contributed by atoms with Gasteiger partial charge < -0.3 is 18.9 Å². The zero-order valence-electron chi connectivity index (χ0n) is 17.4. The molecule has 0 amide bonds. The molecule has 2 aliphatic heterocycles. The summed E-state index contributed by atoms with van der Waals surface area (Å²) in [6.45, 7) is 9.67. The lowest BCUT2D eigenvalue weighted by Gasteiger charge is -2.62. The van der Waals surface area contributed by atoms with Crippen LogP contribution in [0.15, 0.2) is 12.2 Å². The summed E-state index contributed by atoms with van der Waals surface area (Å²) < 4.78 is 25.6. The van der Waals surface area contributed by atoms with E-state index in [0.717, 1.165) is 30.6 Å². The molecule has 28 heavy (non-hydrogen) atoms. The molecule has 0 aromatic carbocycles. The van der Waals surface area contributed by atoms with Crippen LogP contribution in [0.1, 0.15) is 64.7 Å². The molecule has 4 saturated carbocycles. The monoisotopic (exact) mass is 388 g/mol. The topological polar surface area (TPSA) is 36.9 Å². The van der Waals surface area contributed by atoms with Crippen LogP contribution in [0.2, 0.25) is 0 Å². The second kappa shape index (κ2) is 6.29. The molecule has 4 nitrogen and oxygen atoms in total. The van der Waals surface area contributed by atoms with Crippen molar-refractivity contribution >= 4 is 0 Å². The summed E-state index contributed by atoms with van der Waals surface area (Å²) in [6.07, 6.45) is 11.1. The van der Waals surface area contributed by atoms with Crippen LogP contribution < -0.4 is 0 Å². The largest absolute Gasteiger partial charge is 0.349 e. The predicted octanol–water partition coefficient (Wildman–Crippen LogP) is 4.68. The Bertz CT molecular complexity index is 649. The van der Waals surface area contributed by atoms with Gasteiger partial charge in [0.05, 0.1) is 31.8 Å². The van der Waals surface area contributed by atoms with E-state index in [2.05, 4.69) is 13.5 Å². The summed E-state index contributed by atoms with van der Waals surface area (Å²) in [5, 5.41) is 0. The highest BCUT2D eigenvalue weighted by molar-refractivity contribution is 5.23. The zero-order valence-corrected chi connectivity index (χ0v) is 17.4. The van der Waals surface area contributed by atoms with Crippen LogP contribution in [0.3, 0.4) is 0 Å². The van der Waals surface area contributed by atoms with Gasteiger partial charge in [-0.2, -0.15) is 0 Å². The molecule has 2 bridgehead atoms. The van der Waals surface area contributed by atoms with Crippen LogP contribution in [-0.2, 0) is 18.9 Å². The molecule has 0 aromatic heterocycles. The first kappa shape index (κ1) is 18.4. The summed E-state index contributed by atoms with van der Waals surface area (Å²) in [5.41, 5.74) is 1.75. The van der Waals surface area contributed by atoms with Gasteiger partial charge in [-0.05, 0) is 80.5 Å². The Morgan fingerprint density at radius 2 is 1.61 bits per heavy atom. The summed E-state index contributed by atoms with van der Waals surface area (Å²) in [6, 6.07) is 0. The first-order valence-electron chi connectivity index (χ1n) is 11.8. The molecule has 6 atom stereocenters. The molecular formula is C24H36O4. The van der Waals surface area contributed by atoms with Crippen molar-refractivity contribution in [1.82, 2.24) is 0 Å². The Kier molecular flexibility index (Phi) is 4.12. The van der Waals surface area contributed by atoms with E-state index < -0.39 is 5.79 Å². The Balaban J connectivity index is 1.42. The molecular weight excluding hydrogens is 352 g/mol. The van der Waals surface area contributed by atoms with E-state index in [0.29, 0.717) is 37.8 Å². The van der Waals surface area contributed by atoms with Crippen LogP contribution in [-0.4, -0.2) is 38.5 Å². The van der Waals surface area contributed by atoms with Crippen molar-refractivity contribution < 1.29 is 18.9 Å². The second-order valence-corrected chi connectivity index (χ2v) is 10.6. The van der Waals surface area contributed by atoms with Crippen molar-refractivity contribution in [2.45, 2.75) is 76.8 Å². The van der Waals surface area contributed by atoms with E-state index in [9.17, 15) is 0 Å². The van der Waals surface area contributed by atoms with E-state index in [1.165, 1.54) is 44.9 Å². The predicted molar refractivity (Wildman–Crippen MR) is 106 cm³/mol. The van der Waals surface area contributed by atoms with Gasteiger partial charge in [0.25, 0.3) is 0 Å². The van der Waals surface area contributed by atoms with Crippen LogP contribution in [0.4, 0.5) is 0 Å². The van der Waals surface area contributed by atoms with Gasteiger partial charge in [0, 0.05) is 6.42 Å².